The molecule has 0 aliphatic carbocycles. The maximum atomic E-state index is 12.7. The van der Waals surface area contributed by atoms with Crippen molar-refractivity contribution in [1.82, 2.24) is 9.99 Å². The number of rotatable bonds is 8. The van der Waals surface area contributed by atoms with E-state index in [1.54, 1.807) is 36.5 Å². The van der Waals surface area contributed by atoms with Crippen molar-refractivity contribution in [2.24, 2.45) is 5.10 Å². The smallest absolute Gasteiger partial charge is 0.271 e. The van der Waals surface area contributed by atoms with Crippen molar-refractivity contribution in [3.8, 4) is 5.69 Å². The molecule has 7 nitrogen and oxygen atoms in total. The number of carbonyl (C=O) groups is 1. The molecule has 10 heteroatoms. The lowest BCUT2D eigenvalue weighted by Gasteiger charge is -2.22. The van der Waals surface area contributed by atoms with Gasteiger partial charge in [0.1, 0.15) is 0 Å². The predicted octanol–water partition coefficient (Wildman–Crippen LogP) is 6.44. The number of halogens is 2. The molecule has 1 amide bonds. The highest BCUT2D eigenvalue weighted by Gasteiger charge is 2.18. The van der Waals surface area contributed by atoms with E-state index in [2.05, 4.69) is 10.5 Å². The SMILES string of the molecule is Cc1ccc(CN(c2ccc(C(=O)N/N=C\c3cc(C)n(-c4cc(Cl)cc(Cl)c4)c3C)cc2)S(C)(=O)=O)cc1. The molecule has 202 valence electrons. The first kappa shape index (κ1) is 28.4. The van der Waals surface area contributed by atoms with Gasteiger partial charge < -0.3 is 4.57 Å². The number of aromatic nitrogens is 1. The maximum Gasteiger partial charge on any atom is 0.271 e. The van der Waals surface area contributed by atoms with Crippen LogP contribution in [0.5, 0.6) is 0 Å². The number of anilines is 1. The highest BCUT2D eigenvalue weighted by Crippen LogP contribution is 2.26. The van der Waals surface area contributed by atoms with E-state index in [0.29, 0.717) is 21.3 Å². The maximum absolute atomic E-state index is 12.7. The molecule has 0 spiro atoms. The number of hydrogen-bond acceptors (Lipinski definition) is 4. The van der Waals surface area contributed by atoms with Gasteiger partial charge in [0.15, 0.2) is 0 Å². The average molecular weight is 584 g/mol. The van der Waals surface area contributed by atoms with Crippen LogP contribution in [0.3, 0.4) is 0 Å². The Morgan fingerprint density at radius 3 is 2.15 bits per heavy atom. The van der Waals surface area contributed by atoms with Crippen LogP contribution in [0.4, 0.5) is 5.69 Å². The standard InChI is InChI=1S/C29H28Cl2N4O3S/c1-19-5-7-22(8-6-19)18-34(39(4,37)38)27-11-9-23(10-12-27)29(36)33-32-17-24-13-20(2)35(21(24)3)28-15-25(30)14-26(31)16-28/h5-17H,18H2,1-4H3,(H,33,36)/b32-17-. The van der Waals surface area contributed by atoms with E-state index in [9.17, 15) is 13.2 Å². The van der Waals surface area contributed by atoms with E-state index in [1.807, 2.05) is 67.8 Å². The molecule has 4 rings (SSSR count). The van der Waals surface area contributed by atoms with E-state index in [4.69, 9.17) is 23.2 Å². The minimum absolute atomic E-state index is 0.189. The van der Waals surface area contributed by atoms with Crippen LogP contribution in [0.2, 0.25) is 10.0 Å². The lowest BCUT2D eigenvalue weighted by atomic mass is 10.1. The summed E-state index contributed by atoms with van der Waals surface area (Å²) >= 11 is 12.3. The van der Waals surface area contributed by atoms with Gasteiger partial charge in [0.05, 0.1) is 24.7 Å². The zero-order chi connectivity index (χ0) is 28.3. The number of hydrogen-bond donors (Lipinski definition) is 1. The van der Waals surface area contributed by atoms with Crippen molar-refractivity contribution in [3.63, 3.8) is 0 Å². The summed E-state index contributed by atoms with van der Waals surface area (Å²) in [6.45, 7) is 6.06. The molecular weight excluding hydrogens is 555 g/mol. The number of carbonyl (C=O) groups excluding carboxylic acids is 1. The minimum atomic E-state index is -3.54. The summed E-state index contributed by atoms with van der Waals surface area (Å²) in [6.07, 6.45) is 2.73. The first-order valence-electron chi connectivity index (χ1n) is 12.0. The van der Waals surface area contributed by atoms with Crippen molar-refractivity contribution in [3.05, 3.63) is 116 Å². The van der Waals surface area contributed by atoms with Crippen LogP contribution in [-0.2, 0) is 16.6 Å². The van der Waals surface area contributed by atoms with Crippen LogP contribution < -0.4 is 9.73 Å². The Balaban J connectivity index is 1.47. The van der Waals surface area contributed by atoms with Gasteiger partial charge in [0.2, 0.25) is 10.0 Å². The molecule has 0 unspecified atom stereocenters. The molecule has 4 aromatic rings. The Hall–Kier alpha value is -3.59. The van der Waals surface area contributed by atoms with Gasteiger partial charge in [0.25, 0.3) is 5.91 Å². The van der Waals surface area contributed by atoms with Crippen LogP contribution in [0.15, 0.2) is 77.9 Å². The predicted molar refractivity (Wildman–Crippen MR) is 159 cm³/mol. The van der Waals surface area contributed by atoms with Gasteiger partial charge >= 0.3 is 0 Å². The molecule has 1 N–H and O–H groups in total. The zero-order valence-corrected chi connectivity index (χ0v) is 24.3. The minimum Gasteiger partial charge on any atom is -0.318 e. The highest BCUT2D eigenvalue weighted by atomic mass is 35.5. The fourth-order valence-electron chi connectivity index (χ4n) is 4.25. The number of hydrazone groups is 1. The topological polar surface area (TPSA) is 83.8 Å². The van der Waals surface area contributed by atoms with E-state index >= 15 is 0 Å². The fraction of sp³-hybridized carbons (Fsp3) is 0.172. The second kappa shape index (κ2) is 11.7. The largest absolute Gasteiger partial charge is 0.318 e. The quantitative estimate of drug-likeness (QED) is 0.192. The average Bonchev–Trinajstić information content (AvgIpc) is 3.15. The third-order valence-electron chi connectivity index (χ3n) is 6.21. The first-order valence-corrected chi connectivity index (χ1v) is 14.6. The Kier molecular flexibility index (Phi) is 8.49. The Morgan fingerprint density at radius 2 is 1.56 bits per heavy atom. The summed E-state index contributed by atoms with van der Waals surface area (Å²) in [5.41, 5.74) is 8.81. The van der Waals surface area contributed by atoms with Gasteiger partial charge in [0, 0.05) is 38.2 Å². The van der Waals surface area contributed by atoms with Gasteiger partial charge in [-0.15, -0.1) is 0 Å². The van der Waals surface area contributed by atoms with Gasteiger partial charge in [-0.05, 0) is 74.9 Å². The van der Waals surface area contributed by atoms with E-state index in [-0.39, 0.29) is 6.54 Å². The molecule has 0 bridgehead atoms. The summed E-state index contributed by atoms with van der Waals surface area (Å²) in [7, 11) is -3.54. The molecule has 0 aliphatic heterocycles. The normalized spacial score (nSPS) is 11.6. The summed E-state index contributed by atoms with van der Waals surface area (Å²) in [4.78, 5) is 12.7. The lowest BCUT2D eigenvalue weighted by Crippen LogP contribution is -2.29. The lowest BCUT2D eigenvalue weighted by molar-refractivity contribution is 0.0955. The molecule has 1 aromatic heterocycles. The van der Waals surface area contributed by atoms with Crippen LogP contribution in [0.1, 0.15) is 38.4 Å². The molecule has 0 atom stereocenters. The number of nitrogens with zero attached hydrogens (tertiary/aromatic N) is 3. The van der Waals surface area contributed by atoms with Crippen LogP contribution in [0.25, 0.3) is 5.69 Å². The molecule has 3 aromatic carbocycles. The molecule has 39 heavy (non-hydrogen) atoms. The molecule has 0 aliphatic rings. The van der Waals surface area contributed by atoms with Crippen LogP contribution >= 0.6 is 23.2 Å². The first-order chi connectivity index (χ1) is 18.4. The van der Waals surface area contributed by atoms with Crippen LogP contribution in [0, 0.1) is 20.8 Å². The summed E-state index contributed by atoms with van der Waals surface area (Å²) < 4.78 is 28.3. The van der Waals surface area contributed by atoms with Gasteiger partial charge in [-0.25, -0.2) is 13.8 Å². The summed E-state index contributed by atoms with van der Waals surface area (Å²) in [5.74, 6) is -0.419. The summed E-state index contributed by atoms with van der Waals surface area (Å²) in [5, 5.41) is 5.20. The van der Waals surface area contributed by atoms with Crippen molar-refractivity contribution >= 4 is 51.0 Å². The molecule has 1 heterocycles. The number of aryl methyl sites for hydroxylation is 2. The number of amides is 1. The molecule has 0 saturated carbocycles. The van der Waals surface area contributed by atoms with E-state index in [0.717, 1.165) is 40.0 Å². The van der Waals surface area contributed by atoms with Crippen molar-refractivity contribution in [2.75, 3.05) is 10.6 Å². The third kappa shape index (κ3) is 6.89. The molecule has 0 saturated heterocycles. The van der Waals surface area contributed by atoms with Crippen molar-refractivity contribution in [2.45, 2.75) is 27.3 Å². The van der Waals surface area contributed by atoms with Crippen LogP contribution in [-0.4, -0.2) is 31.4 Å². The Labute approximate surface area is 238 Å². The number of nitrogens with one attached hydrogen (secondary N) is 1. The number of sulfonamides is 1. The molecule has 0 radical (unpaired) electrons. The molecular formula is C29H28Cl2N4O3S. The monoisotopic (exact) mass is 582 g/mol. The Bertz CT molecular complexity index is 1630. The highest BCUT2D eigenvalue weighted by molar-refractivity contribution is 7.92. The van der Waals surface area contributed by atoms with Crippen molar-refractivity contribution < 1.29 is 13.2 Å². The number of benzene rings is 3. The molecule has 0 fully saturated rings. The van der Waals surface area contributed by atoms with Gasteiger partial charge in [-0.3, -0.25) is 9.10 Å². The Morgan fingerprint density at radius 1 is 0.949 bits per heavy atom. The van der Waals surface area contributed by atoms with E-state index < -0.39 is 15.9 Å². The second-order valence-corrected chi connectivity index (χ2v) is 12.1. The fourth-order valence-corrected chi connectivity index (χ4v) is 5.65. The van der Waals surface area contributed by atoms with Crippen molar-refractivity contribution in [1.29, 1.82) is 0 Å². The van der Waals surface area contributed by atoms with Gasteiger partial charge in [-0.1, -0.05) is 53.0 Å². The zero-order valence-electron chi connectivity index (χ0n) is 21.9. The second-order valence-electron chi connectivity index (χ2n) is 9.29. The summed E-state index contributed by atoms with van der Waals surface area (Å²) in [6, 6.07) is 21.3. The van der Waals surface area contributed by atoms with E-state index in [1.165, 1.54) is 4.31 Å². The van der Waals surface area contributed by atoms with Gasteiger partial charge in [-0.2, -0.15) is 5.10 Å². The third-order valence-corrected chi connectivity index (χ3v) is 7.79.